The van der Waals surface area contributed by atoms with E-state index in [4.69, 9.17) is 21.4 Å². The molecule has 1 rings (SSSR count). The second-order valence-corrected chi connectivity index (χ2v) is 5.11. The number of amides is 1. The first-order valence-corrected chi connectivity index (χ1v) is 6.53. The fourth-order valence-corrected chi connectivity index (χ4v) is 1.77. The van der Waals surface area contributed by atoms with Gasteiger partial charge in [0.2, 0.25) is 5.91 Å². The maximum Gasteiger partial charge on any atom is 0.307 e. The van der Waals surface area contributed by atoms with E-state index < -0.39 is 17.8 Å². The fraction of sp³-hybridized carbons (Fsp3) is 0.429. The van der Waals surface area contributed by atoms with E-state index >= 15 is 0 Å². The smallest absolute Gasteiger partial charge is 0.307 e. The van der Waals surface area contributed by atoms with Gasteiger partial charge in [-0.25, -0.2) is 0 Å². The van der Waals surface area contributed by atoms with Crippen LogP contribution >= 0.6 is 11.6 Å². The van der Waals surface area contributed by atoms with Gasteiger partial charge >= 0.3 is 5.97 Å². The lowest BCUT2D eigenvalue weighted by Gasteiger charge is -2.17. The highest BCUT2D eigenvalue weighted by Gasteiger charge is 2.26. The van der Waals surface area contributed by atoms with E-state index in [1.165, 1.54) is 14.0 Å². The van der Waals surface area contributed by atoms with Crippen LogP contribution in [0.25, 0.3) is 0 Å². The van der Waals surface area contributed by atoms with Gasteiger partial charge in [0.1, 0.15) is 5.75 Å². The molecule has 110 valence electrons. The molecule has 1 aromatic rings. The summed E-state index contributed by atoms with van der Waals surface area (Å²) in [5.41, 5.74) is 1.27. The van der Waals surface area contributed by atoms with Gasteiger partial charge in [-0.1, -0.05) is 25.4 Å². The molecule has 0 radical (unpaired) electrons. The predicted octanol–water partition coefficient (Wildman–Crippen LogP) is 2.95. The Morgan fingerprint density at radius 3 is 2.40 bits per heavy atom. The van der Waals surface area contributed by atoms with Crippen LogP contribution < -0.4 is 10.1 Å². The zero-order chi connectivity index (χ0) is 15.4. The summed E-state index contributed by atoms with van der Waals surface area (Å²) in [5, 5.41) is 12.1. The average molecular weight is 300 g/mol. The summed E-state index contributed by atoms with van der Waals surface area (Å²) < 4.78 is 5.15. The lowest BCUT2D eigenvalue weighted by atomic mass is 9.95. The van der Waals surface area contributed by atoms with Crippen LogP contribution in [-0.2, 0) is 9.59 Å². The molecule has 20 heavy (non-hydrogen) atoms. The van der Waals surface area contributed by atoms with Crippen molar-refractivity contribution in [3.05, 3.63) is 22.7 Å². The summed E-state index contributed by atoms with van der Waals surface area (Å²) in [6, 6.07) is 3.30. The summed E-state index contributed by atoms with van der Waals surface area (Å²) in [5.74, 6) is -2.38. The Labute approximate surface area is 122 Å². The maximum atomic E-state index is 12.1. The molecule has 2 atom stereocenters. The molecule has 5 nitrogen and oxygen atoms in total. The van der Waals surface area contributed by atoms with Crippen molar-refractivity contribution in [1.82, 2.24) is 0 Å². The molecule has 6 heteroatoms. The van der Waals surface area contributed by atoms with E-state index in [2.05, 4.69) is 5.32 Å². The van der Waals surface area contributed by atoms with Gasteiger partial charge in [-0.15, -0.1) is 0 Å². The molecule has 1 amide bonds. The zero-order valence-corrected chi connectivity index (χ0v) is 12.6. The Morgan fingerprint density at radius 2 is 1.90 bits per heavy atom. The molecule has 0 aliphatic rings. The lowest BCUT2D eigenvalue weighted by molar-refractivity contribution is -0.145. The molecule has 0 heterocycles. The third-order valence-electron chi connectivity index (χ3n) is 3.29. The monoisotopic (exact) mass is 299 g/mol. The van der Waals surface area contributed by atoms with E-state index in [0.29, 0.717) is 16.5 Å². The van der Waals surface area contributed by atoms with Crippen LogP contribution in [0.15, 0.2) is 12.1 Å². The van der Waals surface area contributed by atoms with Crippen LogP contribution in [0.3, 0.4) is 0 Å². The maximum absolute atomic E-state index is 12.1. The number of carboxylic acids is 1. The molecular formula is C14H18ClNO4. The number of anilines is 1. The second kappa shape index (κ2) is 6.61. The van der Waals surface area contributed by atoms with Gasteiger partial charge in [-0.05, 0) is 18.6 Å². The first-order valence-electron chi connectivity index (χ1n) is 6.15. The number of halogens is 1. The SMILES string of the molecule is COc1cc(Cl)c(C)cc1NC(=O)C(C)C(C)C(=O)O. The Hall–Kier alpha value is -1.75. The van der Waals surface area contributed by atoms with E-state index in [1.807, 2.05) is 0 Å². The summed E-state index contributed by atoms with van der Waals surface area (Å²) in [4.78, 5) is 23.0. The van der Waals surface area contributed by atoms with Crippen LogP contribution in [0.5, 0.6) is 5.75 Å². The van der Waals surface area contributed by atoms with Crippen LogP contribution in [0.4, 0.5) is 5.69 Å². The molecule has 0 aliphatic carbocycles. The minimum absolute atomic E-state index is 0.375. The topological polar surface area (TPSA) is 75.6 Å². The minimum atomic E-state index is -1.01. The Kier molecular flexibility index (Phi) is 5.39. The summed E-state index contributed by atoms with van der Waals surface area (Å²) >= 11 is 5.99. The zero-order valence-electron chi connectivity index (χ0n) is 11.9. The largest absolute Gasteiger partial charge is 0.495 e. The van der Waals surface area contributed by atoms with Crippen molar-refractivity contribution in [3.8, 4) is 5.75 Å². The van der Waals surface area contributed by atoms with Gasteiger partial charge in [0.25, 0.3) is 0 Å². The van der Waals surface area contributed by atoms with Crippen molar-refractivity contribution < 1.29 is 19.4 Å². The van der Waals surface area contributed by atoms with Crippen LogP contribution in [0, 0.1) is 18.8 Å². The average Bonchev–Trinajstić information content (AvgIpc) is 2.40. The van der Waals surface area contributed by atoms with E-state index in [9.17, 15) is 9.59 Å². The molecule has 2 unspecified atom stereocenters. The molecule has 0 bridgehead atoms. The van der Waals surface area contributed by atoms with Gasteiger partial charge < -0.3 is 15.2 Å². The second-order valence-electron chi connectivity index (χ2n) is 4.71. The van der Waals surface area contributed by atoms with Crippen LogP contribution in [-0.4, -0.2) is 24.1 Å². The highest BCUT2D eigenvalue weighted by atomic mass is 35.5. The highest BCUT2D eigenvalue weighted by Crippen LogP contribution is 2.31. The third kappa shape index (κ3) is 3.63. The number of carbonyl (C=O) groups excluding carboxylic acids is 1. The van der Waals surface area contributed by atoms with E-state index in [0.717, 1.165) is 5.56 Å². The summed E-state index contributed by atoms with van der Waals surface area (Å²) in [6.45, 7) is 4.88. The highest BCUT2D eigenvalue weighted by molar-refractivity contribution is 6.31. The molecule has 0 aliphatic heterocycles. The van der Waals surface area contributed by atoms with Crippen molar-refractivity contribution in [2.24, 2.45) is 11.8 Å². The normalized spacial score (nSPS) is 13.4. The predicted molar refractivity (Wildman–Crippen MR) is 77.3 cm³/mol. The quantitative estimate of drug-likeness (QED) is 0.876. The van der Waals surface area contributed by atoms with Crippen LogP contribution in [0.2, 0.25) is 5.02 Å². The van der Waals surface area contributed by atoms with Crippen molar-refractivity contribution in [1.29, 1.82) is 0 Å². The number of nitrogens with one attached hydrogen (secondary N) is 1. The van der Waals surface area contributed by atoms with Crippen molar-refractivity contribution in [2.45, 2.75) is 20.8 Å². The number of rotatable bonds is 5. The number of hydrogen-bond donors (Lipinski definition) is 2. The number of carbonyl (C=O) groups is 2. The first kappa shape index (κ1) is 16.3. The van der Waals surface area contributed by atoms with Crippen LogP contribution in [0.1, 0.15) is 19.4 Å². The van der Waals surface area contributed by atoms with Gasteiger partial charge in [0, 0.05) is 17.0 Å². The molecule has 0 saturated heterocycles. The number of carboxylic acid groups (broad SMARTS) is 1. The van der Waals surface area contributed by atoms with Gasteiger partial charge in [-0.3, -0.25) is 9.59 Å². The summed E-state index contributed by atoms with van der Waals surface area (Å²) in [7, 11) is 1.47. The molecule has 0 aromatic heterocycles. The van der Waals surface area contributed by atoms with Gasteiger partial charge in [0.05, 0.1) is 18.7 Å². The number of aryl methyl sites for hydroxylation is 1. The Bertz CT molecular complexity index is 530. The number of benzene rings is 1. The third-order valence-corrected chi connectivity index (χ3v) is 3.70. The van der Waals surface area contributed by atoms with Gasteiger partial charge in [-0.2, -0.15) is 0 Å². The number of aliphatic carboxylic acids is 1. The standard InChI is InChI=1S/C14H18ClNO4/c1-7-5-11(12(20-4)6-10(7)15)16-13(17)8(2)9(3)14(18)19/h5-6,8-9H,1-4H3,(H,16,17)(H,18,19). The number of ether oxygens (including phenoxy) is 1. The molecular weight excluding hydrogens is 282 g/mol. The molecule has 2 N–H and O–H groups in total. The van der Waals surface area contributed by atoms with Crippen molar-refractivity contribution >= 4 is 29.2 Å². The molecule has 0 saturated carbocycles. The van der Waals surface area contributed by atoms with E-state index in [-0.39, 0.29) is 5.91 Å². The summed E-state index contributed by atoms with van der Waals surface area (Å²) in [6.07, 6.45) is 0. The first-order chi connectivity index (χ1) is 9.27. The van der Waals surface area contributed by atoms with Crippen molar-refractivity contribution in [2.75, 3.05) is 12.4 Å². The lowest BCUT2D eigenvalue weighted by Crippen LogP contribution is -2.30. The number of methoxy groups -OCH3 is 1. The Balaban J connectivity index is 2.96. The number of hydrogen-bond acceptors (Lipinski definition) is 3. The fourth-order valence-electron chi connectivity index (χ4n) is 1.62. The van der Waals surface area contributed by atoms with Crippen molar-refractivity contribution in [3.63, 3.8) is 0 Å². The van der Waals surface area contributed by atoms with E-state index in [1.54, 1.807) is 26.0 Å². The molecule has 1 aromatic carbocycles. The van der Waals surface area contributed by atoms with Gasteiger partial charge in [0.15, 0.2) is 0 Å². The molecule has 0 fully saturated rings. The Morgan fingerprint density at radius 1 is 1.30 bits per heavy atom. The molecule has 0 spiro atoms. The minimum Gasteiger partial charge on any atom is -0.495 e.